The molecule has 0 aromatic carbocycles. The molecule has 0 fully saturated rings. The lowest BCUT2D eigenvalue weighted by molar-refractivity contribution is 0.0329. The first-order valence-corrected chi connectivity index (χ1v) is 8.38. The van der Waals surface area contributed by atoms with Crippen LogP contribution in [0.4, 0.5) is 0 Å². The van der Waals surface area contributed by atoms with Crippen molar-refractivity contribution in [2.75, 3.05) is 6.17 Å². The van der Waals surface area contributed by atoms with Crippen LogP contribution in [0.1, 0.15) is 61.8 Å². The standard InChI is InChI=1S/C13H31NO2Si/c1-9-11(2)14-10-17(15-12(3,4)5)16-13(6,7)8/h11,14,17H,9-10H2,1-8H3. The monoisotopic (exact) mass is 261 g/mol. The highest BCUT2D eigenvalue weighted by atomic mass is 28.3. The van der Waals surface area contributed by atoms with Crippen molar-refractivity contribution in [3.8, 4) is 0 Å². The maximum Gasteiger partial charge on any atom is 0.336 e. The van der Waals surface area contributed by atoms with Gasteiger partial charge in [0, 0.05) is 23.4 Å². The topological polar surface area (TPSA) is 30.5 Å². The second-order valence-corrected chi connectivity index (χ2v) is 8.35. The summed E-state index contributed by atoms with van der Waals surface area (Å²) in [5.41, 5.74) is -0.251. The molecular weight excluding hydrogens is 230 g/mol. The molecule has 0 aliphatic rings. The third-order valence-electron chi connectivity index (χ3n) is 2.22. The first-order chi connectivity index (χ1) is 7.53. The molecule has 0 heterocycles. The van der Waals surface area contributed by atoms with Gasteiger partial charge < -0.3 is 14.2 Å². The molecule has 104 valence electrons. The molecule has 4 heteroatoms. The molecule has 1 N–H and O–H groups in total. The second kappa shape index (κ2) is 6.88. The fourth-order valence-corrected chi connectivity index (χ4v) is 3.72. The van der Waals surface area contributed by atoms with Gasteiger partial charge >= 0.3 is 9.28 Å². The van der Waals surface area contributed by atoms with Crippen LogP contribution in [-0.2, 0) is 8.85 Å². The van der Waals surface area contributed by atoms with Crippen molar-refractivity contribution in [3.05, 3.63) is 0 Å². The largest absolute Gasteiger partial charge is 0.391 e. The Morgan fingerprint density at radius 1 is 1.00 bits per heavy atom. The maximum atomic E-state index is 6.06. The molecule has 0 bridgehead atoms. The van der Waals surface area contributed by atoms with Crippen LogP contribution < -0.4 is 5.32 Å². The smallest absolute Gasteiger partial charge is 0.336 e. The maximum absolute atomic E-state index is 6.06. The predicted octanol–water partition coefficient (Wildman–Crippen LogP) is 2.76. The molecule has 0 aromatic heterocycles. The van der Waals surface area contributed by atoms with E-state index in [-0.39, 0.29) is 11.2 Å². The lowest BCUT2D eigenvalue weighted by Gasteiger charge is -2.32. The van der Waals surface area contributed by atoms with Gasteiger partial charge in [0.2, 0.25) is 0 Å². The minimum Gasteiger partial charge on any atom is -0.391 e. The highest BCUT2D eigenvalue weighted by Gasteiger charge is 2.26. The highest BCUT2D eigenvalue weighted by molar-refractivity contribution is 6.44. The fraction of sp³-hybridized carbons (Fsp3) is 1.00. The van der Waals surface area contributed by atoms with Gasteiger partial charge in [-0.1, -0.05) is 6.92 Å². The van der Waals surface area contributed by atoms with Gasteiger partial charge in [-0.2, -0.15) is 0 Å². The molecule has 17 heavy (non-hydrogen) atoms. The van der Waals surface area contributed by atoms with Crippen molar-refractivity contribution in [3.63, 3.8) is 0 Å². The van der Waals surface area contributed by atoms with Crippen molar-refractivity contribution in [1.82, 2.24) is 5.32 Å². The molecule has 0 aliphatic heterocycles. The Morgan fingerprint density at radius 2 is 1.41 bits per heavy atom. The van der Waals surface area contributed by atoms with Crippen LogP contribution in [-0.4, -0.2) is 32.7 Å². The Morgan fingerprint density at radius 3 is 1.71 bits per heavy atom. The molecule has 0 radical (unpaired) electrons. The third-order valence-corrected chi connectivity index (χ3v) is 4.72. The van der Waals surface area contributed by atoms with Gasteiger partial charge in [0.05, 0.1) is 0 Å². The lowest BCUT2D eigenvalue weighted by atomic mass is 10.2. The zero-order chi connectivity index (χ0) is 13.7. The Balaban J connectivity index is 4.31. The summed E-state index contributed by atoms with van der Waals surface area (Å²) < 4.78 is 12.1. The second-order valence-electron chi connectivity index (χ2n) is 6.61. The van der Waals surface area contributed by atoms with Gasteiger partial charge in [-0.05, 0) is 54.9 Å². The van der Waals surface area contributed by atoms with Crippen LogP contribution in [0.2, 0.25) is 0 Å². The minimum absolute atomic E-state index is 0.126. The zero-order valence-electron chi connectivity index (χ0n) is 12.9. The van der Waals surface area contributed by atoms with Crippen LogP contribution in [0.15, 0.2) is 0 Å². The first-order valence-electron chi connectivity index (χ1n) is 6.62. The number of rotatable bonds is 6. The van der Waals surface area contributed by atoms with E-state index in [1.165, 1.54) is 0 Å². The van der Waals surface area contributed by atoms with Crippen molar-refractivity contribution in [2.45, 2.75) is 79.1 Å². The van der Waals surface area contributed by atoms with E-state index in [4.69, 9.17) is 8.85 Å². The van der Waals surface area contributed by atoms with Crippen molar-refractivity contribution in [1.29, 1.82) is 0 Å². The molecule has 1 atom stereocenters. The summed E-state index contributed by atoms with van der Waals surface area (Å²) >= 11 is 0. The first kappa shape index (κ1) is 17.1. The summed E-state index contributed by atoms with van der Waals surface area (Å²) in [7, 11) is -1.66. The van der Waals surface area contributed by atoms with Gasteiger partial charge in [-0.3, -0.25) is 0 Å². The molecular formula is C13H31NO2Si. The van der Waals surface area contributed by atoms with Gasteiger partial charge in [0.1, 0.15) is 0 Å². The lowest BCUT2D eigenvalue weighted by Crippen LogP contribution is -2.47. The van der Waals surface area contributed by atoms with Crippen LogP contribution in [0.3, 0.4) is 0 Å². The van der Waals surface area contributed by atoms with E-state index in [2.05, 4.69) is 60.7 Å². The molecule has 0 aliphatic carbocycles. The summed E-state index contributed by atoms with van der Waals surface area (Å²) in [6.07, 6.45) is 2.00. The Hall–Kier alpha value is 0.0969. The number of hydrogen-bond donors (Lipinski definition) is 1. The van der Waals surface area contributed by atoms with Crippen LogP contribution in [0, 0.1) is 0 Å². The van der Waals surface area contributed by atoms with Crippen LogP contribution in [0.25, 0.3) is 0 Å². The van der Waals surface area contributed by atoms with E-state index in [0.29, 0.717) is 6.04 Å². The fourth-order valence-electron chi connectivity index (χ4n) is 1.34. The summed E-state index contributed by atoms with van der Waals surface area (Å²) in [6, 6.07) is 0.525. The average molecular weight is 261 g/mol. The molecule has 0 amide bonds. The third kappa shape index (κ3) is 10.9. The van der Waals surface area contributed by atoms with Gasteiger partial charge in [-0.25, -0.2) is 0 Å². The van der Waals surface area contributed by atoms with Crippen molar-refractivity contribution >= 4 is 9.28 Å². The zero-order valence-corrected chi connectivity index (χ0v) is 14.0. The van der Waals surface area contributed by atoms with Crippen LogP contribution >= 0.6 is 0 Å². The van der Waals surface area contributed by atoms with E-state index in [1.54, 1.807) is 0 Å². The van der Waals surface area contributed by atoms with Crippen LogP contribution in [0.5, 0.6) is 0 Å². The van der Waals surface area contributed by atoms with Gasteiger partial charge in [0.15, 0.2) is 0 Å². The molecule has 0 saturated heterocycles. The van der Waals surface area contributed by atoms with E-state index >= 15 is 0 Å². The van der Waals surface area contributed by atoms with E-state index in [9.17, 15) is 0 Å². The number of hydrogen-bond acceptors (Lipinski definition) is 3. The predicted molar refractivity (Wildman–Crippen MR) is 76.6 cm³/mol. The van der Waals surface area contributed by atoms with Crippen molar-refractivity contribution < 1.29 is 8.85 Å². The SMILES string of the molecule is CCC(C)NC[SiH](OC(C)(C)C)OC(C)(C)C. The molecule has 0 spiro atoms. The van der Waals surface area contributed by atoms with Crippen molar-refractivity contribution in [2.24, 2.45) is 0 Å². The summed E-state index contributed by atoms with van der Waals surface area (Å²) in [5.74, 6) is 0. The van der Waals surface area contributed by atoms with E-state index in [1.807, 2.05) is 0 Å². The quantitative estimate of drug-likeness (QED) is 0.746. The minimum atomic E-state index is -1.66. The van der Waals surface area contributed by atoms with Gasteiger partial charge in [-0.15, -0.1) is 0 Å². The van der Waals surface area contributed by atoms with Gasteiger partial charge in [0.25, 0.3) is 0 Å². The molecule has 3 nitrogen and oxygen atoms in total. The summed E-state index contributed by atoms with van der Waals surface area (Å²) in [4.78, 5) is 0. The number of nitrogens with one attached hydrogen (secondary N) is 1. The summed E-state index contributed by atoms with van der Waals surface area (Å²) in [5, 5.41) is 3.49. The van der Waals surface area contributed by atoms with E-state index < -0.39 is 9.28 Å². The Bertz CT molecular complexity index is 192. The Kier molecular flexibility index (Phi) is 6.92. The normalized spacial score (nSPS) is 15.4. The van der Waals surface area contributed by atoms with E-state index in [0.717, 1.165) is 12.6 Å². The highest BCUT2D eigenvalue weighted by Crippen LogP contribution is 2.15. The molecule has 0 rings (SSSR count). The molecule has 0 aromatic rings. The Labute approximate surface area is 109 Å². The summed E-state index contributed by atoms with van der Waals surface area (Å²) in [6.45, 7) is 16.9. The average Bonchev–Trinajstić information content (AvgIpc) is 2.08. The molecule has 0 saturated carbocycles. The molecule has 1 unspecified atom stereocenters.